The fourth-order valence-corrected chi connectivity index (χ4v) is 2.34. The number of nitrogens with one attached hydrogen (secondary N) is 2. The highest BCUT2D eigenvalue weighted by atomic mass is 16.5. The average Bonchev–Trinajstić information content (AvgIpc) is 2.66. The normalized spacial score (nSPS) is 10.2. The Morgan fingerprint density at radius 3 is 2.46 bits per heavy atom. The third-order valence-corrected chi connectivity index (χ3v) is 3.66. The van der Waals surface area contributed by atoms with Crippen LogP contribution >= 0.6 is 0 Å². The topological polar surface area (TPSA) is 76.1 Å². The Morgan fingerprint density at radius 1 is 1.00 bits per heavy atom. The van der Waals surface area contributed by atoms with Gasteiger partial charge in [-0.2, -0.15) is 0 Å². The minimum Gasteiger partial charge on any atom is -0.492 e. The number of aromatic nitrogens is 2. The summed E-state index contributed by atoms with van der Waals surface area (Å²) in [6.07, 6.45) is 0. The molecule has 26 heavy (non-hydrogen) atoms. The number of carbonyl (C=O) groups is 1. The molecule has 0 aliphatic rings. The quantitative estimate of drug-likeness (QED) is 0.699. The van der Waals surface area contributed by atoms with Gasteiger partial charge in [0.25, 0.3) is 5.91 Å². The molecular formula is C20H20N4O2. The first kappa shape index (κ1) is 17.4. The molecule has 0 bridgehead atoms. The zero-order chi connectivity index (χ0) is 18.4. The van der Waals surface area contributed by atoms with Gasteiger partial charge in [-0.05, 0) is 50.2 Å². The number of nitrogens with zero attached hydrogens (tertiary/aromatic N) is 2. The van der Waals surface area contributed by atoms with Crippen LogP contribution in [0.5, 0.6) is 5.75 Å². The van der Waals surface area contributed by atoms with Gasteiger partial charge in [-0.1, -0.05) is 29.8 Å². The molecule has 2 N–H and O–H groups in total. The molecule has 0 fully saturated rings. The van der Waals surface area contributed by atoms with Crippen LogP contribution in [0.2, 0.25) is 0 Å². The summed E-state index contributed by atoms with van der Waals surface area (Å²) in [7, 11) is 0. The monoisotopic (exact) mass is 348 g/mol. The average molecular weight is 348 g/mol. The second-order valence-corrected chi connectivity index (χ2v) is 5.68. The van der Waals surface area contributed by atoms with Crippen molar-refractivity contribution in [2.45, 2.75) is 13.8 Å². The van der Waals surface area contributed by atoms with E-state index in [9.17, 15) is 4.79 Å². The predicted molar refractivity (Wildman–Crippen MR) is 102 cm³/mol. The molecule has 3 rings (SSSR count). The van der Waals surface area contributed by atoms with Gasteiger partial charge in [-0.3, -0.25) is 4.79 Å². The first-order valence-corrected chi connectivity index (χ1v) is 8.36. The number of para-hydroxylation sites is 2. The summed E-state index contributed by atoms with van der Waals surface area (Å²) in [5, 5.41) is 14.0. The van der Waals surface area contributed by atoms with Crippen LogP contribution in [0.3, 0.4) is 0 Å². The number of aryl methyl sites for hydroxylation is 1. The van der Waals surface area contributed by atoms with Crippen LogP contribution in [0, 0.1) is 6.92 Å². The summed E-state index contributed by atoms with van der Waals surface area (Å²) in [6, 6.07) is 18.6. The Balaban J connectivity index is 1.68. The lowest BCUT2D eigenvalue weighted by Crippen LogP contribution is -2.15. The molecule has 1 amide bonds. The summed E-state index contributed by atoms with van der Waals surface area (Å²) in [6.45, 7) is 4.44. The van der Waals surface area contributed by atoms with E-state index in [0.29, 0.717) is 23.9 Å². The van der Waals surface area contributed by atoms with Crippen LogP contribution in [0.25, 0.3) is 0 Å². The third kappa shape index (κ3) is 4.36. The lowest BCUT2D eigenvalue weighted by Gasteiger charge is -2.11. The highest BCUT2D eigenvalue weighted by Gasteiger charge is 2.11. The molecule has 0 aliphatic carbocycles. The molecule has 132 valence electrons. The number of hydrogen-bond acceptors (Lipinski definition) is 5. The largest absolute Gasteiger partial charge is 0.492 e. The van der Waals surface area contributed by atoms with Crippen LogP contribution in [0.4, 0.5) is 17.2 Å². The Labute approximate surface area is 152 Å². The Kier molecular flexibility index (Phi) is 5.43. The van der Waals surface area contributed by atoms with Crippen LogP contribution in [0.15, 0.2) is 60.7 Å². The van der Waals surface area contributed by atoms with Crippen LogP contribution in [-0.2, 0) is 0 Å². The summed E-state index contributed by atoms with van der Waals surface area (Å²) >= 11 is 0. The second kappa shape index (κ2) is 8.11. The van der Waals surface area contributed by atoms with Gasteiger partial charge in [-0.25, -0.2) is 0 Å². The van der Waals surface area contributed by atoms with Gasteiger partial charge >= 0.3 is 0 Å². The molecule has 6 heteroatoms. The highest BCUT2D eigenvalue weighted by Crippen LogP contribution is 2.24. The molecule has 0 aliphatic heterocycles. The van der Waals surface area contributed by atoms with Crippen molar-refractivity contribution >= 4 is 23.1 Å². The number of rotatable bonds is 6. The molecule has 6 nitrogen and oxygen atoms in total. The van der Waals surface area contributed by atoms with Gasteiger partial charge in [-0.15, -0.1) is 10.2 Å². The molecule has 3 aromatic rings. The van der Waals surface area contributed by atoms with E-state index in [1.54, 1.807) is 24.3 Å². The molecule has 2 aromatic carbocycles. The van der Waals surface area contributed by atoms with E-state index in [1.165, 1.54) is 5.56 Å². The Morgan fingerprint density at radius 2 is 1.77 bits per heavy atom. The summed E-state index contributed by atoms with van der Waals surface area (Å²) < 4.78 is 5.51. The fourth-order valence-electron chi connectivity index (χ4n) is 2.34. The van der Waals surface area contributed by atoms with Crippen LogP contribution in [-0.4, -0.2) is 22.7 Å². The van der Waals surface area contributed by atoms with E-state index < -0.39 is 0 Å². The number of hydrogen-bond donors (Lipinski definition) is 2. The number of anilines is 3. The lowest BCUT2D eigenvalue weighted by molar-refractivity contribution is 0.102. The minimum absolute atomic E-state index is 0.228. The fraction of sp³-hybridized carbons (Fsp3) is 0.150. The highest BCUT2D eigenvalue weighted by molar-refractivity contribution is 6.03. The van der Waals surface area contributed by atoms with Crippen molar-refractivity contribution < 1.29 is 9.53 Å². The molecule has 0 unspecified atom stereocenters. The van der Waals surface area contributed by atoms with Gasteiger partial charge in [0, 0.05) is 5.69 Å². The first-order chi connectivity index (χ1) is 12.7. The molecule has 1 heterocycles. The molecule has 0 saturated carbocycles. The van der Waals surface area contributed by atoms with Gasteiger partial charge in [0.15, 0.2) is 11.5 Å². The van der Waals surface area contributed by atoms with E-state index >= 15 is 0 Å². The third-order valence-electron chi connectivity index (χ3n) is 3.66. The molecule has 0 radical (unpaired) electrons. The minimum atomic E-state index is -0.341. The zero-order valence-electron chi connectivity index (χ0n) is 14.7. The molecule has 1 aromatic heterocycles. The van der Waals surface area contributed by atoms with Crippen molar-refractivity contribution in [2.75, 3.05) is 17.2 Å². The maximum atomic E-state index is 12.4. The molecule has 0 atom stereocenters. The van der Waals surface area contributed by atoms with Gasteiger partial charge in [0.05, 0.1) is 12.3 Å². The van der Waals surface area contributed by atoms with E-state index in [-0.39, 0.29) is 11.6 Å². The predicted octanol–water partition coefficient (Wildman–Crippen LogP) is 4.18. The summed E-state index contributed by atoms with van der Waals surface area (Å²) in [5.74, 6) is 0.848. The number of carbonyl (C=O) groups excluding carboxylic acids is 1. The molecule has 0 spiro atoms. The summed E-state index contributed by atoms with van der Waals surface area (Å²) in [5.41, 5.74) is 2.92. The first-order valence-electron chi connectivity index (χ1n) is 8.36. The standard InChI is InChI=1S/C20H20N4O2/c1-3-26-18-7-5-4-6-16(18)22-20(25)17-12-13-19(24-23-17)21-15-10-8-14(2)9-11-15/h4-13H,3H2,1-2H3,(H,21,24)(H,22,25). The van der Waals surface area contributed by atoms with Crippen LogP contribution < -0.4 is 15.4 Å². The van der Waals surface area contributed by atoms with Crippen molar-refractivity contribution in [1.29, 1.82) is 0 Å². The number of amides is 1. The van der Waals surface area contributed by atoms with Gasteiger partial charge in [0.1, 0.15) is 5.75 Å². The number of benzene rings is 2. The van der Waals surface area contributed by atoms with Gasteiger partial charge < -0.3 is 15.4 Å². The van der Waals surface area contributed by atoms with E-state index in [2.05, 4.69) is 20.8 Å². The summed E-state index contributed by atoms with van der Waals surface area (Å²) in [4.78, 5) is 12.4. The van der Waals surface area contributed by atoms with Gasteiger partial charge in [0.2, 0.25) is 0 Å². The molecular weight excluding hydrogens is 328 g/mol. The lowest BCUT2D eigenvalue weighted by atomic mass is 10.2. The van der Waals surface area contributed by atoms with Crippen molar-refractivity contribution in [3.63, 3.8) is 0 Å². The molecule has 0 saturated heterocycles. The van der Waals surface area contributed by atoms with E-state index in [1.807, 2.05) is 50.2 Å². The van der Waals surface area contributed by atoms with Crippen LogP contribution in [0.1, 0.15) is 23.0 Å². The number of ether oxygens (including phenoxy) is 1. The van der Waals surface area contributed by atoms with Crippen molar-refractivity contribution in [1.82, 2.24) is 10.2 Å². The SMILES string of the molecule is CCOc1ccccc1NC(=O)c1ccc(Nc2ccc(C)cc2)nn1. The zero-order valence-corrected chi connectivity index (χ0v) is 14.7. The Hall–Kier alpha value is -3.41. The Bertz CT molecular complexity index is 877. The van der Waals surface area contributed by atoms with E-state index in [0.717, 1.165) is 5.69 Å². The van der Waals surface area contributed by atoms with Crippen molar-refractivity contribution in [2.24, 2.45) is 0 Å². The second-order valence-electron chi connectivity index (χ2n) is 5.68. The van der Waals surface area contributed by atoms with Crippen molar-refractivity contribution in [3.8, 4) is 5.75 Å². The maximum absolute atomic E-state index is 12.4. The van der Waals surface area contributed by atoms with E-state index in [4.69, 9.17) is 4.74 Å². The maximum Gasteiger partial charge on any atom is 0.276 e. The smallest absolute Gasteiger partial charge is 0.276 e. The van der Waals surface area contributed by atoms with Crippen molar-refractivity contribution in [3.05, 3.63) is 71.9 Å².